The van der Waals surface area contributed by atoms with Crippen molar-refractivity contribution in [2.45, 2.75) is 25.2 Å². The Morgan fingerprint density at radius 1 is 1.07 bits per heavy atom. The monoisotopic (exact) mass is 364 g/mol. The molecule has 2 aromatic rings. The van der Waals surface area contributed by atoms with Crippen molar-refractivity contribution in [1.82, 2.24) is 0 Å². The van der Waals surface area contributed by atoms with Crippen LogP contribution in [0, 0.1) is 0 Å². The maximum Gasteiger partial charge on any atom is 0.335 e. The molecule has 2 aromatic carbocycles. The number of nitrogens with two attached hydrogens (primary N) is 1. The number of carboxylic acid groups (broad SMARTS) is 1. The molecule has 3 N–H and O–H groups in total. The Kier molecular flexibility index (Phi) is 5.60. The molecule has 27 heavy (non-hydrogen) atoms. The molecular weight excluding hydrogens is 340 g/mol. The number of carbonyl (C=O) groups excluding carboxylic acids is 1. The summed E-state index contributed by atoms with van der Waals surface area (Å²) in [5.74, 6) is -2.08. The smallest absolute Gasteiger partial charge is 0.335 e. The van der Waals surface area contributed by atoms with Gasteiger partial charge in [0, 0.05) is 18.8 Å². The molecule has 0 fully saturated rings. The number of rotatable bonds is 6. The van der Waals surface area contributed by atoms with E-state index in [0.717, 1.165) is 36.3 Å². The maximum atomic E-state index is 12.3. The molecule has 1 heterocycles. The lowest BCUT2D eigenvalue weighted by atomic mass is 9.81. The summed E-state index contributed by atoms with van der Waals surface area (Å²) in [5.41, 5.74) is 8.86. The van der Waals surface area contributed by atoms with Gasteiger partial charge >= 0.3 is 5.97 Å². The molecule has 0 aromatic heterocycles. The zero-order valence-electron chi connectivity index (χ0n) is 15.3. The number of carboxylic acids is 1. The van der Waals surface area contributed by atoms with Crippen LogP contribution in [-0.4, -0.2) is 30.1 Å². The molecule has 1 aliphatic heterocycles. The standard InChI is InChI=1S/C22H24N2O3/c1-15(18-7-3-4-8-19(18)24-13-5-2-6-14-24)20(21(23)25)16-9-11-17(12-10-16)22(26)27/h2-5,7-12,15,20H,6,13-14H2,1H3,(H2,23,25)(H,26,27). The minimum atomic E-state index is -0.992. The number of benzene rings is 2. The zero-order chi connectivity index (χ0) is 19.4. The van der Waals surface area contributed by atoms with Crippen molar-refractivity contribution in [2.24, 2.45) is 5.73 Å². The van der Waals surface area contributed by atoms with E-state index in [4.69, 9.17) is 10.8 Å². The second-order valence-electron chi connectivity index (χ2n) is 6.86. The lowest BCUT2D eigenvalue weighted by Gasteiger charge is -2.31. The van der Waals surface area contributed by atoms with E-state index in [-0.39, 0.29) is 11.5 Å². The van der Waals surface area contributed by atoms with E-state index in [1.165, 1.54) is 12.1 Å². The third-order valence-corrected chi connectivity index (χ3v) is 5.15. The zero-order valence-corrected chi connectivity index (χ0v) is 15.3. The summed E-state index contributed by atoms with van der Waals surface area (Å²) in [7, 11) is 0. The largest absolute Gasteiger partial charge is 0.478 e. The highest BCUT2D eigenvalue weighted by Crippen LogP contribution is 2.38. The first-order valence-corrected chi connectivity index (χ1v) is 9.10. The van der Waals surface area contributed by atoms with Gasteiger partial charge in [0.15, 0.2) is 0 Å². The SMILES string of the molecule is CC(c1ccccc1N1CC=CCC1)C(C(N)=O)c1ccc(C(=O)O)cc1. The van der Waals surface area contributed by atoms with Gasteiger partial charge in [-0.1, -0.05) is 49.4 Å². The maximum absolute atomic E-state index is 12.3. The summed E-state index contributed by atoms with van der Waals surface area (Å²) >= 11 is 0. The number of nitrogens with zero attached hydrogens (tertiary/aromatic N) is 1. The van der Waals surface area contributed by atoms with Crippen molar-refractivity contribution in [3.8, 4) is 0 Å². The summed E-state index contributed by atoms with van der Waals surface area (Å²) in [6, 6.07) is 14.5. The van der Waals surface area contributed by atoms with E-state index in [9.17, 15) is 9.59 Å². The van der Waals surface area contributed by atoms with Crippen molar-refractivity contribution in [3.63, 3.8) is 0 Å². The van der Waals surface area contributed by atoms with Crippen molar-refractivity contribution >= 4 is 17.6 Å². The number of amides is 1. The van der Waals surface area contributed by atoms with Crippen LogP contribution < -0.4 is 10.6 Å². The highest BCUT2D eigenvalue weighted by Gasteiger charge is 2.29. The van der Waals surface area contributed by atoms with Gasteiger partial charge in [-0.05, 0) is 41.7 Å². The third kappa shape index (κ3) is 4.03. The Labute approximate surface area is 159 Å². The van der Waals surface area contributed by atoms with E-state index < -0.39 is 17.8 Å². The molecule has 1 amide bonds. The van der Waals surface area contributed by atoms with Crippen molar-refractivity contribution < 1.29 is 14.7 Å². The van der Waals surface area contributed by atoms with E-state index in [1.54, 1.807) is 12.1 Å². The highest BCUT2D eigenvalue weighted by atomic mass is 16.4. The van der Waals surface area contributed by atoms with Gasteiger partial charge in [0.05, 0.1) is 11.5 Å². The molecule has 5 nitrogen and oxygen atoms in total. The van der Waals surface area contributed by atoms with Crippen LogP contribution in [0.4, 0.5) is 5.69 Å². The van der Waals surface area contributed by atoms with Crippen LogP contribution in [0.3, 0.4) is 0 Å². The first kappa shape index (κ1) is 18.7. The van der Waals surface area contributed by atoms with Crippen molar-refractivity contribution in [1.29, 1.82) is 0 Å². The molecule has 0 aliphatic carbocycles. The fraction of sp³-hybridized carbons (Fsp3) is 0.273. The third-order valence-electron chi connectivity index (χ3n) is 5.15. The number of anilines is 1. The van der Waals surface area contributed by atoms with Gasteiger partial charge in [-0.25, -0.2) is 4.79 Å². The summed E-state index contributed by atoms with van der Waals surface area (Å²) in [4.78, 5) is 25.7. The van der Waals surface area contributed by atoms with Crippen LogP contribution >= 0.6 is 0 Å². The van der Waals surface area contributed by atoms with Crippen LogP contribution in [0.25, 0.3) is 0 Å². The number of hydrogen-bond donors (Lipinski definition) is 2. The Morgan fingerprint density at radius 2 is 1.78 bits per heavy atom. The number of aromatic carboxylic acids is 1. The normalized spacial score (nSPS) is 16.0. The van der Waals surface area contributed by atoms with Crippen molar-refractivity contribution in [3.05, 3.63) is 77.4 Å². The van der Waals surface area contributed by atoms with E-state index in [2.05, 4.69) is 23.1 Å². The number of primary amides is 1. The summed E-state index contributed by atoms with van der Waals surface area (Å²) in [5, 5.41) is 9.09. The van der Waals surface area contributed by atoms with E-state index in [1.807, 2.05) is 25.1 Å². The predicted octanol–water partition coefficient (Wildman–Crippen LogP) is 3.52. The quantitative estimate of drug-likeness (QED) is 0.768. The fourth-order valence-electron chi connectivity index (χ4n) is 3.73. The molecule has 0 bridgehead atoms. The van der Waals surface area contributed by atoms with Gasteiger partial charge in [0.1, 0.15) is 0 Å². The topological polar surface area (TPSA) is 83.6 Å². The minimum Gasteiger partial charge on any atom is -0.478 e. The first-order chi connectivity index (χ1) is 13.0. The molecule has 3 rings (SSSR count). The van der Waals surface area contributed by atoms with E-state index >= 15 is 0 Å². The number of para-hydroxylation sites is 1. The lowest BCUT2D eigenvalue weighted by Crippen LogP contribution is -2.30. The Hall–Kier alpha value is -3.08. The van der Waals surface area contributed by atoms with Crippen LogP contribution in [0.1, 0.15) is 46.7 Å². The second kappa shape index (κ2) is 8.08. The molecule has 0 radical (unpaired) electrons. The molecule has 0 saturated heterocycles. The Bertz CT molecular complexity index is 858. The fourth-order valence-corrected chi connectivity index (χ4v) is 3.73. The molecule has 2 atom stereocenters. The van der Waals surface area contributed by atoms with Gasteiger partial charge < -0.3 is 15.7 Å². The van der Waals surface area contributed by atoms with Crippen molar-refractivity contribution in [2.75, 3.05) is 18.0 Å². The van der Waals surface area contributed by atoms with Gasteiger partial charge in [0.25, 0.3) is 0 Å². The average molecular weight is 364 g/mol. The average Bonchev–Trinajstić information content (AvgIpc) is 2.69. The summed E-state index contributed by atoms with van der Waals surface area (Å²) in [6.07, 6.45) is 5.33. The van der Waals surface area contributed by atoms with Crippen LogP contribution in [0.15, 0.2) is 60.7 Å². The van der Waals surface area contributed by atoms with Gasteiger partial charge in [-0.3, -0.25) is 4.79 Å². The first-order valence-electron chi connectivity index (χ1n) is 9.10. The number of carbonyl (C=O) groups is 2. The molecule has 5 heteroatoms. The molecule has 0 saturated carbocycles. The molecule has 2 unspecified atom stereocenters. The summed E-state index contributed by atoms with van der Waals surface area (Å²) in [6.45, 7) is 3.78. The van der Waals surface area contributed by atoms with E-state index in [0.29, 0.717) is 0 Å². The Morgan fingerprint density at radius 3 is 2.37 bits per heavy atom. The summed E-state index contributed by atoms with van der Waals surface area (Å²) < 4.78 is 0. The molecule has 0 spiro atoms. The van der Waals surface area contributed by atoms with Gasteiger partial charge in [0.2, 0.25) is 5.91 Å². The molecule has 140 valence electrons. The Balaban J connectivity index is 1.96. The van der Waals surface area contributed by atoms with Crippen LogP contribution in [-0.2, 0) is 4.79 Å². The van der Waals surface area contributed by atoms with Gasteiger partial charge in [-0.15, -0.1) is 0 Å². The molecule has 1 aliphatic rings. The lowest BCUT2D eigenvalue weighted by molar-refractivity contribution is -0.119. The van der Waals surface area contributed by atoms with Crippen LogP contribution in [0.5, 0.6) is 0 Å². The minimum absolute atomic E-state index is 0.139. The highest BCUT2D eigenvalue weighted by molar-refractivity contribution is 5.88. The van der Waals surface area contributed by atoms with Gasteiger partial charge in [-0.2, -0.15) is 0 Å². The predicted molar refractivity (Wildman–Crippen MR) is 106 cm³/mol. The van der Waals surface area contributed by atoms with Crippen LogP contribution in [0.2, 0.25) is 0 Å². The second-order valence-corrected chi connectivity index (χ2v) is 6.86. The molecular formula is C22H24N2O3. The number of hydrogen-bond acceptors (Lipinski definition) is 3.